The van der Waals surface area contributed by atoms with Crippen molar-refractivity contribution >= 4 is 12.6 Å². The SMILES string of the molecule is CC(C)(C)CC(C)(C)c1ccccc1S. The zero-order valence-electron chi connectivity index (χ0n) is 10.5. The molecule has 0 nitrogen and oxygen atoms in total. The number of benzene rings is 1. The molecule has 0 radical (unpaired) electrons. The molecule has 1 heteroatoms. The van der Waals surface area contributed by atoms with E-state index in [1.165, 1.54) is 5.56 Å². The highest BCUT2D eigenvalue weighted by Crippen LogP contribution is 2.38. The minimum Gasteiger partial charge on any atom is -0.143 e. The number of hydrogen-bond donors (Lipinski definition) is 1. The molecule has 84 valence electrons. The Labute approximate surface area is 99.5 Å². The Morgan fingerprint density at radius 3 is 2.00 bits per heavy atom. The molecule has 1 aromatic carbocycles. The summed E-state index contributed by atoms with van der Waals surface area (Å²) in [6, 6.07) is 8.40. The highest BCUT2D eigenvalue weighted by Gasteiger charge is 2.28. The molecule has 0 aliphatic heterocycles. The van der Waals surface area contributed by atoms with E-state index in [-0.39, 0.29) is 5.41 Å². The number of rotatable bonds is 2. The van der Waals surface area contributed by atoms with Gasteiger partial charge in [0.05, 0.1) is 0 Å². The van der Waals surface area contributed by atoms with Crippen LogP contribution in [0.4, 0.5) is 0 Å². The molecule has 0 aliphatic carbocycles. The molecule has 15 heavy (non-hydrogen) atoms. The lowest BCUT2D eigenvalue weighted by atomic mass is 9.72. The van der Waals surface area contributed by atoms with E-state index in [9.17, 15) is 0 Å². The maximum absolute atomic E-state index is 4.54. The Balaban J connectivity index is 3.01. The van der Waals surface area contributed by atoms with Crippen LogP contribution in [0.2, 0.25) is 0 Å². The fourth-order valence-corrected chi connectivity index (χ4v) is 2.93. The predicted molar refractivity (Wildman–Crippen MR) is 70.8 cm³/mol. The Morgan fingerprint density at radius 1 is 1.00 bits per heavy atom. The summed E-state index contributed by atoms with van der Waals surface area (Å²) in [7, 11) is 0. The molecule has 0 aromatic heterocycles. The van der Waals surface area contributed by atoms with Crippen LogP contribution >= 0.6 is 12.6 Å². The van der Waals surface area contributed by atoms with Crippen molar-refractivity contribution in [1.82, 2.24) is 0 Å². The highest BCUT2D eigenvalue weighted by molar-refractivity contribution is 7.80. The molecule has 0 fully saturated rings. The first kappa shape index (κ1) is 12.6. The molecule has 0 aliphatic rings. The first-order chi connectivity index (χ1) is 6.72. The lowest BCUT2D eigenvalue weighted by molar-refractivity contribution is 0.281. The number of thiol groups is 1. The van der Waals surface area contributed by atoms with Gasteiger partial charge in [-0.05, 0) is 28.9 Å². The van der Waals surface area contributed by atoms with Crippen molar-refractivity contribution in [2.75, 3.05) is 0 Å². The zero-order valence-corrected chi connectivity index (χ0v) is 11.4. The van der Waals surface area contributed by atoms with E-state index in [0.717, 1.165) is 11.3 Å². The molecule has 0 amide bonds. The van der Waals surface area contributed by atoms with Crippen molar-refractivity contribution in [3.63, 3.8) is 0 Å². The molecular formula is C14H22S. The van der Waals surface area contributed by atoms with Gasteiger partial charge in [-0.1, -0.05) is 52.8 Å². The summed E-state index contributed by atoms with van der Waals surface area (Å²) in [6.07, 6.45) is 1.16. The van der Waals surface area contributed by atoms with Crippen LogP contribution in [-0.4, -0.2) is 0 Å². The minimum absolute atomic E-state index is 0.191. The fourth-order valence-electron chi connectivity index (χ4n) is 2.47. The van der Waals surface area contributed by atoms with E-state index >= 15 is 0 Å². The molecule has 0 atom stereocenters. The maximum atomic E-state index is 4.54. The lowest BCUT2D eigenvalue weighted by Crippen LogP contribution is -2.25. The quantitative estimate of drug-likeness (QED) is 0.690. The van der Waals surface area contributed by atoms with E-state index in [4.69, 9.17) is 0 Å². The van der Waals surface area contributed by atoms with Gasteiger partial charge in [-0.3, -0.25) is 0 Å². The third-order valence-corrected chi connectivity index (χ3v) is 3.00. The summed E-state index contributed by atoms with van der Waals surface area (Å²) in [5, 5.41) is 0. The Bertz CT molecular complexity index is 331. The molecule has 0 spiro atoms. The third-order valence-electron chi connectivity index (χ3n) is 2.61. The van der Waals surface area contributed by atoms with Crippen LogP contribution in [-0.2, 0) is 5.41 Å². The predicted octanol–water partition coefficient (Wildman–Crippen LogP) is 4.69. The largest absolute Gasteiger partial charge is 0.143 e. The van der Waals surface area contributed by atoms with Gasteiger partial charge < -0.3 is 0 Å². The summed E-state index contributed by atoms with van der Waals surface area (Å²) < 4.78 is 0. The fraction of sp³-hybridized carbons (Fsp3) is 0.571. The first-order valence-corrected chi connectivity index (χ1v) is 5.96. The molecule has 1 aromatic rings. The maximum Gasteiger partial charge on any atom is 0.00774 e. The standard InChI is InChI=1S/C14H22S/c1-13(2,3)10-14(4,5)11-8-6-7-9-12(11)15/h6-9,15H,10H2,1-5H3. The molecule has 0 saturated carbocycles. The molecule has 0 N–H and O–H groups in total. The number of hydrogen-bond acceptors (Lipinski definition) is 1. The second kappa shape index (κ2) is 4.21. The second-order valence-corrected chi connectivity index (χ2v) is 6.62. The van der Waals surface area contributed by atoms with Gasteiger partial charge in [-0.25, -0.2) is 0 Å². The van der Waals surface area contributed by atoms with Gasteiger partial charge in [0.1, 0.15) is 0 Å². The Hall–Kier alpha value is -0.430. The van der Waals surface area contributed by atoms with E-state index in [2.05, 4.69) is 65.4 Å². The summed E-state index contributed by atoms with van der Waals surface area (Å²) in [5.74, 6) is 0. The summed E-state index contributed by atoms with van der Waals surface area (Å²) in [4.78, 5) is 1.10. The molecule has 0 saturated heterocycles. The van der Waals surface area contributed by atoms with Gasteiger partial charge in [0, 0.05) is 4.90 Å². The van der Waals surface area contributed by atoms with Gasteiger partial charge in [0.2, 0.25) is 0 Å². The third kappa shape index (κ3) is 3.57. The van der Waals surface area contributed by atoms with Crippen molar-refractivity contribution in [2.45, 2.75) is 51.3 Å². The average Bonchev–Trinajstić information content (AvgIpc) is 1.99. The Morgan fingerprint density at radius 2 is 1.53 bits per heavy atom. The van der Waals surface area contributed by atoms with Gasteiger partial charge >= 0.3 is 0 Å². The van der Waals surface area contributed by atoms with Crippen molar-refractivity contribution in [3.05, 3.63) is 29.8 Å². The first-order valence-electron chi connectivity index (χ1n) is 5.51. The Kier molecular flexibility index (Phi) is 3.55. The van der Waals surface area contributed by atoms with Crippen LogP contribution in [0.25, 0.3) is 0 Å². The second-order valence-electron chi connectivity index (χ2n) is 6.14. The zero-order chi connectivity index (χ0) is 11.7. The monoisotopic (exact) mass is 222 g/mol. The van der Waals surface area contributed by atoms with Crippen molar-refractivity contribution in [1.29, 1.82) is 0 Å². The van der Waals surface area contributed by atoms with Crippen LogP contribution in [0, 0.1) is 5.41 Å². The van der Waals surface area contributed by atoms with Crippen molar-refractivity contribution < 1.29 is 0 Å². The molecular weight excluding hydrogens is 200 g/mol. The van der Waals surface area contributed by atoms with Crippen LogP contribution < -0.4 is 0 Å². The average molecular weight is 222 g/mol. The highest BCUT2D eigenvalue weighted by atomic mass is 32.1. The lowest BCUT2D eigenvalue weighted by Gasteiger charge is -2.33. The van der Waals surface area contributed by atoms with Crippen LogP contribution in [0.1, 0.15) is 46.6 Å². The summed E-state index contributed by atoms with van der Waals surface area (Å²) >= 11 is 4.54. The van der Waals surface area contributed by atoms with Crippen molar-refractivity contribution in [2.24, 2.45) is 5.41 Å². The van der Waals surface area contributed by atoms with Gasteiger partial charge in [-0.15, -0.1) is 12.6 Å². The van der Waals surface area contributed by atoms with E-state index in [1.54, 1.807) is 0 Å². The van der Waals surface area contributed by atoms with E-state index in [0.29, 0.717) is 5.41 Å². The molecule has 0 heterocycles. The van der Waals surface area contributed by atoms with Gasteiger partial charge in [-0.2, -0.15) is 0 Å². The van der Waals surface area contributed by atoms with Crippen molar-refractivity contribution in [3.8, 4) is 0 Å². The van der Waals surface area contributed by atoms with Crippen LogP contribution in [0.3, 0.4) is 0 Å². The van der Waals surface area contributed by atoms with Crippen LogP contribution in [0.5, 0.6) is 0 Å². The minimum atomic E-state index is 0.191. The van der Waals surface area contributed by atoms with Crippen LogP contribution in [0.15, 0.2) is 29.2 Å². The molecule has 0 bridgehead atoms. The summed E-state index contributed by atoms with van der Waals surface area (Å²) in [6.45, 7) is 11.5. The van der Waals surface area contributed by atoms with Gasteiger partial charge in [0.25, 0.3) is 0 Å². The van der Waals surface area contributed by atoms with E-state index < -0.39 is 0 Å². The smallest absolute Gasteiger partial charge is 0.00774 e. The molecule has 0 unspecified atom stereocenters. The molecule has 1 rings (SSSR count). The topological polar surface area (TPSA) is 0 Å². The summed E-state index contributed by atoms with van der Waals surface area (Å²) in [5.41, 5.74) is 1.89. The normalized spacial score (nSPS) is 12.9. The van der Waals surface area contributed by atoms with Gasteiger partial charge in [0.15, 0.2) is 0 Å². The van der Waals surface area contributed by atoms with E-state index in [1.807, 2.05) is 6.07 Å².